The minimum Gasteiger partial charge on any atom is -0.305 e. The van der Waals surface area contributed by atoms with Gasteiger partial charge in [0.25, 0.3) is 0 Å². The number of aromatic nitrogens is 2. The molecule has 1 aromatic heterocycles. The fourth-order valence-corrected chi connectivity index (χ4v) is 2.77. The molecule has 0 spiro atoms. The predicted molar refractivity (Wildman–Crippen MR) is 77.8 cm³/mol. The van der Waals surface area contributed by atoms with Crippen molar-refractivity contribution in [1.82, 2.24) is 15.1 Å². The summed E-state index contributed by atoms with van der Waals surface area (Å²) >= 11 is 2.17. The van der Waals surface area contributed by atoms with Crippen LogP contribution in [0.1, 0.15) is 24.2 Å². The molecular weight excluding hydrogens is 344 g/mol. The summed E-state index contributed by atoms with van der Waals surface area (Å²) in [6.45, 7) is 2.89. The molecule has 2 rings (SSSR count). The maximum atomic E-state index is 13.2. The molecule has 0 aliphatic carbocycles. The van der Waals surface area contributed by atoms with E-state index in [2.05, 4.69) is 39.9 Å². The van der Waals surface area contributed by atoms with Crippen LogP contribution in [0.5, 0.6) is 0 Å². The van der Waals surface area contributed by atoms with Crippen LogP contribution in [0.2, 0.25) is 0 Å². The van der Waals surface area contributed by atoms with Crippen LogP contribution in [0, 0.1) is 9.39 Å². The first kappa shape index (κ1) is 13.5. The smallest absolute Gasteiger partial charge is 0.124 e. The highest BCUT2D eigenvalue weighted by Gasteiger charge is 2.18. The van der Waals surface area contributed by atoms with E-state index in [1.54, 1.807) is 12.3 Å². The van der Waals surface area contributed by atoms with Gasteiger partial charge in [0.15, 0.2) is 0 Å². The van der Waals surface area contributed by atoms with E-state index in [1.165, 1.54) is 6.07 Å². The van der Waals surface area contributed by atoms with E-state index in [-0.39, 0.29) is 11.9 Å². The zero-order valence-electron chi connectivity index (χ0n) is 10.3. The first-order chi connectivity index (χ1) is 8.63. The number of aryl methyl sites for hydroxylation is 1. The maximum absolute atomic E-state index is 13.2. The van der Waals surface area contributed by atoms with Gasteiger partial charge in [-0.05, 0) is 52.9 Å². The van der Waals surface area contributed by atoms with Gasteiger partial charge in [0, 0.05) is 16.8 Å². The second-order valence-electron chi connectivity index (χ2n) is 4.04. The van der Waals surface area contributed by atoms with Gasteiger partial charge in [-0.1, -0.05) is 13.0 Å². The molecule has 2 aromatic rings. The van der Waals surface area contributed by atoms with Crippen molar-refractivity contribution < 1.29 is 4.39 Å². The first-order valence-corrected chi connectivity index (χ1v) is 6.87. The SMILES string of the molecule is CCNC(c1ccc(F)cc1I)c1ccnn1C. The van der Waals surface area contributed by atoms with Crippen LogP contribution >= 0.6 is 22.6 Å². The highest BCUT2D eigenvalue weighted by Crippen LogP contribution is 2.26. The molecule has 0 bridgehead atoms. The minimum atomic E-state index is -0.205. The molecule has 1 N–H and O–H groups in total. The van der Waals surface area contributed by atoms with Crippen molar-refractivity contribution in [2.45, 2.75) is 13.0 Å². The monoisotopic (exact) mass is 359 g/mol. The number of hydrogen-bond acceptors (Lipinski definition) is 2. The number of halogens is 2. The average Bonchev–Trinajstić information content (AvgIpc) is 2.73. The van der Waals surface area contributed by atoms with Crippen molar-refractivity contribution in [3.63, 3.8) is 0 Å². The average molecular weight is 359 g/mol. The summed E-state index contributed by atoms with van der Waals surface area (Å²) in [6.07, 6.45) is 1.77. The van der Waals surface area contributed by atoms with Gasteiger partial charge in [0.05, 0.1) is 11.7 Å². The van der Waals surface area contributed by atoms with Gasteiger partial charge in [0.2, 0.25) is 0 Å². The highest BCUT2D eigenvalue weighted by atomic mass is 127. The molecule has 18 heavy (non-hydrogen) atoms. The molecule has 0 aliphatic rings. The summed E-state index contributed by atoms with van der Waals surface area (Å²) in [5.41, 5.74) is 2.14. The minimum absolute atomic E-state index is 0.0370. The quantitative estimate of drug-likeness (QED) is 0.851. The third-order valence-electron chi connectivity index (χ3n) is 2.84. The standard InChI is InChI=1S/C13H15FIN3/c1-3-16-13(12-6-7-17-18(12)2)10-5-4-9(14)8-11(10)15/h4-8,13,16H,3H2,1-2H3. The van der Waals surface area contributed by atoms with E-state index in [1.807, 2.05) is 23.9 Å². The molecule has 1 heterocycles. The Morgan fingerprint density at radius 2 is 2.22 bits per heavy atom. The largest absolute Gasteiger partial charge is 0.305 e. The van der Waals surface area contributed by atoms with Gasteiger partial charge in [-0.15, -0.1) is 0 Å². The number of rotatable bonds is 4. The lowest BCUT2D eigenvalue weighted by Gasteiger charge is -2.20. The van der Waals surface area contributed by atoms with Crippen LogP contribution in [-0.2, 0) is 7.05 Å². The molecule has 1 atom stereocenters. The van der Waals surface area contributed by atoms with Gasteiger partial charge < -0.3 is 5.32 Å². The normalized spacial score (nSPS) is 12.7. The summed E-state index contributed by atoms with van der Waals surface area (Å²) < 4.78 is 15.9. The molecular formula is C13H15FIN3. The van der Waals surface area contributed by atoms with Gasteiger partial charge in [-0.3, -0.25) is 4.68 Å². The number of nitrogens with one attached hydrogen (secondary N) is 1. The van der Waals surface area contributed by atoms with Gasteiger partial charge in [-0.2, -0.15) is 5.10 Å². The molecule has 0 saturated carbocycles. The van der Waals surface area contributed by atoms with Crippen molar-refractivity contribution in [3.8, 4) is 0 Å². The fraction of sp³-hybridized carbons (Fsp3) is 0.308. The molecule has 1 unspecified atom stereocenters. The molecule has 1 aromatic carbocycles. The van der Waals surface area contributed by atoms with Gasteiger partial charge in [-0.25, -0.2) is 4.39 Å². The third-order valence-corrected chi connectivity index (χ3v) is 3.77. The summed E-state index contributed by atoms with van der Waals surface area (Å²) in [5.74, 6) is -0.205. The lowest BCUT2D eigenvalue weighted by molar-refractivity contribution is 0.567. The van der Waals surface area contributed by atoms with E-state index < -0.39 is 0 Å². The molecule has 5 heteroatoms. The van der Waals surface area contributed by atoms with Crippen LogP contribution < -0.4 is 5.32 Å². The van der Waals surface area contributed by atoms with Crippen molar-refractivity contribution in [3.05, 3.63) is 51.1 Å². The molecule has 0 amide bonds. The topological polar surface area (TPSA) is 29.9 Å². The maximum Gasteiger partial charge on any atom is 0.124 e. The van der Waals surface area contributed by atoms with Crippen molar-refractivity contribution >= 4 is 22.6 Å². The van der Waals surface area contributed by atoms with E-state index >= 15 is 0 Å². The van der Waals surface area contributed by atoms with E-state index in [9.17, 15) is 4.39 Å². The second-order valence-corrected chi connectivity index (χ2v) is 5.20. The summed E-state index contributed by atoms with van der Waals surface area (Å²) in [5, 5.41) is 7.61. The Morgan fingerprint density at radius 1 is 1.44 bits per heavy atom. The zero-order chi connectivity index (χ0) is 13.1. The van der Waals surface area contributed by atoms with Gasteiger partial charge >= 0.3 is 0 Å². The third kappa shape index (κ3) is 2.72. The molecule has 0 fully saturated rings. The van der Waals surface area contributed by atoms with E-state index in [0.29, 0.717) is 0 Å². The predicted octanol–water partition coefficient (Wildman–Crippen LogP) is 2.86. The zero-order valence-corrected chi connectivity index (χ0v) is 12.5. The van der Waals surface area contributed by atoms with Crippen LogP contribution in [0.15, 0.2) is 30.5 Å². The number of benzene rings is 1. The van der Waals surface area contributed by atoms with Crippen molar-refractivity contribution in [2.24, 2.45) is 7.05 Å². The molecule has 0 saturated heterocycles. The van der Waals surface area contributed by atoms with Crippen LogP contribution in [0.25, 0.3) is 0 Å². The lowest BCUT2D eigenvalue weighted by Crippen LogP contribution is -2.25. The fourth-order valence-electron chi connectivity index (χ4n) is 1.98. The lowest BCUT2D eigenvalue weighted by atomic mass is 10.0. The molecule has 96 valence electrons. The number of hydrogen-bond donors (Lipinski definition) is 1. The second kappa shape index (κ2) is 5.79. The molecule has 0 radical (unpaired) electrons. The van der Waals surface area contributed by atoms with E-state index in [4.69, 9.17) is 0 Å². The highest BCUT2D eigenvalue weighted by molar-refractivity contribution is 14.1. The van der Waals surface area contributed by atoms with Crippen LogP contribution in [0.4, 0.5) is 4.39 Å². The van der Waals surface area contributed by atoms with Crippen molar-refractivity contribution in [2.75, 3.05) is 6.54 Å². The first-order valence-electron chi connectivity index (χ1n) is 5.79. The Labute approximate surface area is 120 Å². The Kier molecular flexibility index (Phi) is 4.34. The molecule has 3 nitrogen and oxygen atoms in total. The Morgan fingerprint density at radius 3 is 2.78 bits per heavy atom. The summed E-state index contributed by atoms with van der Waals surface area (Å²) in [4.78, 5) is 0. The van der Waals surface area contributed by atoms with E-state index in [0.717, 1.165) is 21.4 Å². The van der Waals surface area contributed by atoms with Crippen molar-refractivity contribution in [1.29, 1.82) is 0 Å². The van der Waals surface area contributed by atoms with Crippen LogP contribution in [0.3, 0.4) is 0 Å². The van der Waals surface area contributed by atoms with Gasteiger partial charge in [0.1, 0.15) is 5.82 Å². The Hall–Kier alpha value is -0.950. The molecule has 0 aliphatic heterocycles. The summed E-state index contributed by atoms with van der Waals surface area (Å²) in [7, 11) is 1.91. The summed E-state index contributed by atoms with van der Waals surface area (Å²) in [6, 6.07) is 6.90. The van der Waals surface area contributed by atoms with Crippen LogP contribution in [-0.4, -0.2) is 16.3 Å². The Bertz CT molecular complexity index is 539. The Balaban J connectivity index is 2.45. The number of nitrogens with zero attached hydrogens (tertiary/aromatic N) is 2.